The van der Waals surface area contributed by atoms with E-state index in [1.54, 1.807) is 0 Å². The molecule has 1 radical (unpaired) electrons. The van der Waals surface area contributed by atoms with Crippen molar-refractivity contribution in [3.05, 3.63) is 72.1 Å². The molecule has 2 aromatic carbocycles. The lowest BCUT2D eigenvalue weighted by Crippen LogP contribution is -2.42. The summed E-state index contributed by atoms with van der Waals surface area (Å²) < 4.78 is 0. The first-order chi connectivity index (χ1) is 12.2. The average molecular weight is 336 g/mol. The van der Waals surface area contributed by atoms with Crippen molar-refractivity contribution in [3.63, 3.8) is 0 Å². The van der Waals surface area contributed by atoms with Gasteiger partial charge in [-0.15, -0.1) is 0 Å². The molecule has 2 aliphatic rings. The highest BCUT2D eigenvalue weighted by Crippen LogP contribution is 2.51. The van der Waals surface area contributed by atoms with Gasteiger partial charge in [0.25, 0.3) is 0 Å². The van der Waals surface area contributed by atoms with Crippen LogP contribution in [-0.4, -0.2) is 29.5 Å². The van der Waals surface area contributed by atoms with Gasteiger partial charge in [0.2, 0.25) is 0 Å². The molecule has 3 nitrogen and oxygen atoms in total. The third-order valence-electron chi connectivity index (χ3n) is 5.84. The Kier molecular flexibility index (Phi) is 4.53. The van der Waals surface area contributed by atoms with E-state index in [9.17, 15) is 10.2 Å². The Bertz CT molecular complexity index is 709. The second kappa shape index (κ2) is 6.81. The van der Waals surface area contributed by atoms with E-state index >= 15 is 0 Å². The molecule has 2 aromatic rings. The number of nitrogens with zero attached hydrogens (tertiary/aromatic N) is 1. The summed E-state index contributed by atoms with van der Waals surface area (Å²) in [7, 11) is 0. The van der Waals surface area contributed by atoms with E-state index in [0.29, 0.717) is 0 Å². The van der Waals surface area contributed by atoms with Crippen molar-refractivity contribution in [2.45, 2.75) is 43.2 Å². The van der Waals surface area contributed by atoms with Crippen LogP contribution in [0.25, 0.3) is 0 Å². The summed E-state index contributed by atoms with van der Waals surface area (Å²) in [5.41, 5.74) is 3.70. The van der Waals surface area contributed by atoms with Gasteiger partial charge >= 0.3 is 0 Å². The number of anilines is 1. The largest absolute Gasteiger partial charge is 0.394 e. The highest BCUT2D eigenvalue weighted by Gasteiger charge is 2.46. The number of aliphatic hydroxyl groups excluding tert-OH is 2. The van der Waals surface area contributed by atoms with Crippen LogP contribution < -0.4 is 4.90 Å². The molecule has 0 amide bonds. The normalized spacial score (nSPS) is 21.1. The molecule has 1 fully saturated rings. The minimum Gasteiger partial charge on any atom is -0.394 e. The molecule has 4 rings (SSSR count). The van der Waals surface area contributed by atoms with Gasteiger partial charge in [-0.05, 0) is 36.5 Å². The van der Waals surface area contributed by atoms with E-state index in [-0.39, 0.29) is 18.1 Å². The summed E-state index contributed by atoms with van der Waals surface area (Å²) in [4.78, 5) is 2.31. The van der Waals surface area contributed by atoms with Crippen molar-refractivity contribution < 1.29 is 10.2 Å². The van der Waals surface area contributed by atoms with Gasteiger partial charge in [-0.2, -0.15) is 0 Å². The van der Waals surface area contributed by atoms with Crippen molar-refractivity contribution in [2.75, 3.05) is 18.1 Å². The molecule has 3 heteroatoms. The molecule has 1 saturated carbocycles. The maximum Gasteiger partial charge on any atom is 0.101 e. The van der Waals surface area contributed by atoms with Gasteiger partial charge in [0.05, 0.1) is 12.6 Å². The molecular formula is C22H26NO2. The summed E-state index contributed by atoms with van der Waals surface area (Å²) in [6, 6.07) is 18.4. The number of hydrogen-bond acceptors (Lipinski definition) is 3. The smallest absolute Gasteiger partial charge is 0.101 e. The summed E-state index contributed by atoms with van der Waals surface area (Å²) >= 11 is 0. The van der Waals surface area contributed by atoms with E-state index < -0.39 is 6.10 Å². The van der Waals surface area contributed by atoms with E-state index in [2.05, 4.69) is 35.6 Å². The SMILES string of the molecule is OC[C@@H](O)[C@H](c1ccccc1)N1CC2([CH]CCCC2)c2ccccc21. The third kappa shape index (κ3) is 2.86. The summed E-state index contributed by atoms with van der Waals surface area (Å²) in [5.74, 6) is 0. The number of rotatable bonds is 4. The van der Waals surface area contributed by atoms with Gasteiger partial charge in [0.1, 0.15) is 6.10 Å². The first-order valence-corrected chi connectivity index (χ1v) is 9.29. The molecule has 1 aliphatic carbocycles. The predicted octanol–water partition coefficient (Wildman–Crippen LogP) is 3.62. The zero-order valence-corrected chi connectivity index (χ0v) is 14.5. The Balaban J connectivity index is 1.78. The number of benzene rings is 2. The maximum atomic E-state index is 10.6. The molecule has 0 aromatic heterocycles. The number of para-hydroxylation sites is 1. The molecule has 1 unspecified atom stereocenters. The number of aliphatic hydroxyl groups is 2. The quantitative estimate of drug-likeness (QED) is 0.896. The fourth-order valence-electron chi connectivity index (χ4n) is 4.68. The van der Waals surface area contributed by atoms with Gasteiger partial charge in [0, 0.05) is 17.6 Å². The lowest BCUT2D eigenvalue weighted by molar-refractivity contribution is 0.0708. The molecule has 2 N–H and O–H groups in total. The molecular weight excluding hydrogens is 310 g/mol. The van der Waals surface area contributed by atoms with Crippen LogP contribution in [0, 0.1) is 6.42 Å². The maximum absolute atomic E-state index is 10.6. The highest BCUT2D eigenvalue weighted by atomic mass is 16.3. The minimum atomic E-state index is -0.811. The first kappa shape index (κ1) is 16.6. The van der Waals surface area contributed by atoms with E-state index in [0.717, 1.165) is 24.9 Å². The zero-order valence-electron chi connectivity index (χ0n) is 14.5. The fraction of sp³-hybridized carbons (Fsp3) is 0.409. The molecule has 131 valence electrons. The van der Waals surface area contributed by atoms with Gasteiger partial charge in [-0.1, -0.05) is 61.4 Å². The molecule has 1 spiro atoms. The summed E-state index contributed by atoms with van der Waals surface area (Å²) in [5, 5.41) is 20.3. The second-order valence-electron chi connectivity index (χ2n) is 7.36. The van der Waals surface area contributed by atoms with Crippen LogP contribution in [0.2, 0.25) is 0 Å². The Morgan fingerprint density at radius 1 is 1.00 bits per heavy atom. The third-order valence-corrected chi connectivity index (χ3v) is 5.84. The van der Waals surface area contributed by atoms with Crippen molar-refractivity contribution in [1.82, 2.24) is 0 Å². The Hall–Kier alpha value is -1.84. The number of hydrogen-bond donors (Lipinski definition) is 2. The Morgan fingerprint density at radius 2 is 1.76 bits per heavy atom. The second-order valence-corrected chi connectivity index (χ2v) is 7.36. The van der Waals surface area contributed by atoms with Gasteiger partial charge < -0.3 is 15.1 Å². The lowest BCUT2D eigenvalue weighted by atomic mass is 9.71. The van der Waals surface area contributed by atoms with Crippen LogP contribution >= 0.6 is 0 Å². The predicted molar refractivity (Wildman–Crippen MR) is 101 cm³/mol. The van der Waals surface area contributed by atoms with Crippen LogP contribution in [0.5, 0.6) is 0 Å². The van der Waals surface area contributed by atoms with Crippen molar-refractivity contribution >= 4 is 5.69 Å². The topological polar surface area (TPSA) is 43.7 Å². The van der Waals surface area contributed by atoms with E-state index in [1.807, 2.05) is 30.3 Å². The molecule has 1 aliphatic heterocycles. The van der Waals surface area contributed by atoms with Gasteiger partial charge in [0.15, 0.2) is 0 Å². The molecule has 0 saturated heterocycles. The van der Waals surface area contributed by atoms with Crippen LogP contribution in [0.15, 0.2) is 54.6 Å². The number of fused-ring (bicyclic) bond motifs is 2. The Morgan fingerprint density at radius 3 is 2.48 bits per heavy atom. The summed E-state index contributed by atoms with van der Waals surface area (Å²) in [6.45, 7) is 0.637. The lowest BCUT2D eigenvalue weighted by Gasteiger charge is -2.38. The molecule has 1 heterocycles. The monoisotopic (exact) mass is 336 g/mol. The molecule has 25 heavy (non-hydrogen) atoms. The van der Waals surface area contributed by atoms with Gasteiger partial charge in [-0.3, -0.25) is 0 Å². The van der Waals surface area contributed by atoms with Crippen LogP contribution in [-0.2, 0) is 5.41 Å². The van der Waals surface area contributed by atoms with Crippen LogP contribution in [0.4, 0.5) is 5.69 Å². The molecule has 0 bridgehead atoms. The summed E-state index contributed by atoms with van der Waals surface area (Å²) in [6.07, 6.45) is 6.51. The zero-order chi connectivity index (χ0) is 17.3. The van der Waals surface area contributed by atoms with E-state index in [1.165, 1.54) is 24.1 Å². The average Bonchev–Trinajstić information content (AvgIpc) is 2.97. The molecule has 3 atom stereocenters. The van der Waals surface area contributed by atoms with Crippen molar-refractivity contribution in [2.24, 2.45) is 0 Å². The van der Waals surface area contributed by atoms with Crippen molar-refractivity contribution in [1.29, 1.82) is 0 Å². The standard InChI is InChI=1S/C22H26NO2/c24-15-20(25)21(17-9-3-1-4-10-17)23-16-22(13-7-2-8-14-22)18-11-5-6-12-19(18)23/h1,3-6,9-13,20-21,24-25H,2,7-8,14-16H2/t20-,21+,22?/m1/s1. The highest BCUT2D eigenvalue weighted by molar-refractivity contribution is 5.65. The fourth-order valence-corrected chi connectivity index (χ4v) is 4.68. The Labute approximate surface area is 149 Å². The van der Waals surface area contributed by atoms with Crippen LogP contribution in [0.1, 0.15) is 42.9 Å². The van der Waals surface area contributed by atoms with Gasteiger partial charge in [-0.25, -0.2) is 0 Å². The first-order valence-electron chi connectivity index (χ1n) is 9.29. The van der Waals surface area contributed by atoms with Crippen LogP contribution in [0.3, 0.4) is 0 Å². The minimum absolute atomic E-state index is 0.0804. The van der Waals surface area contributed by atoms with E-state index in [4.69, 9.17) is 0 Å². The van der Waals surface area contributed by atoms with Crippen molar-refractivity contribution in [3.8, 4) is 0 Å².